The quantitative estimate of drug-likeness (QED) is 0.440. The molecule has 0 aromatic heterocycles. The van der Waals surface area contributed by atoms with Crippen molar-refractivity contribution in [3.8, 4) is 0 Å². The average Bonchev–Trinajstić information content (AvgIpc) is 2.36. The van der Waals surface area contributed by atoms with Gasteiger partial charge in [0.15, 0.2) is 0 Å². The number of alkyl halides is 3. The fourth-order valence-corrected chi connectivity index (χ4v) is 3.58. The molecule has 0 amide bonds. The summed E-state index contributed by atoms with van der Waals surface area (Å²) in [5, 5.41) is 9.61. The fraction of sp³-hybridized carbons (Fsp3) is 0.385. The molecule has 2 nitrogen and oxygen atoms in total. The van der Waals surface area contributed by atoms with Crippen molar-refractivity contribution in [1.29, 1.82) is 0 Å². The van der Waals surface area contributed by atoms with Gasteiger partial charge in [0.2, 0.25) is 0 Å². The molecule has 6 heteroatoms. The Morgan fingerprint density at radius 1 is 1.32 bits per heavy atom. The van der Waals surface area contributed by atoms with Gasteiger partial charge in [-0.2, -0.15) is 0 Å². The summed E-state index contributed by atoms with van der Waals surface area (Å²) in [5.74, 6) is 0. The summed E-state index contributed by atoms with van der Waals surface area (Å²) >= 11 is -0.694. The average molecular weight is 388 g/mol. The molecule has 0 saturated carbocycles. The number of aliphatic hydroxyl groups is 1. The Balaban J connectivity index is 2.39. The molecule has 0 aliphatic heterocycles. The number of hydrogen-bond acceptors (Lipinski definition) is 2. The van der Waals surface area contributed by atoms with E-state index in [-0.39, 0.29) is 6.61 Å². The van der Waals surface area contributed by atoms with Crippen LogP contribution in [0.2, 0.25) is 4.47 Å². The van der Waals surface area contributed by atoms with E-state index in [9.17, 15) is 18.3 Å². The molecule has 0 spiro atoms. The zero-order valence-corrected chi connectivity index (χ0v) is 12.5. The van der Waals surface area contributed by atoms with Crippen molar-refractivity contribution in [2.75, 3.05) is 13.2 Å². The monoisotopic (exact) mass is 390 g/mol. The van der Waals surface area contributed by atoms with Gasteiger partial charge < -0.3 is 0 Å². The molecule has 0 aliphatic rings. The third-order valence-corrected chi connectivity index (χ3v) is 5.47. The molecule has 0 saturated heterocycles. The number of hydrogen-bond donors (Lipinski definition) is 1. The number of halogens is 3. The second kappa shape index (κ2) is 7.91. The SMILES string of the molecule is C=CCOCC(O)C[Te]c1ccc(C(F)(F)F)cc1. The molecular weight excluding hydrogens is 373 g/mol. The van der Waals surface area contributed by atoms with Gasteiger partial charge in [0.1, 0.15) is 0 Å². The molecule has 1 N–H and O–H groups in total. The summed E-state index contributed by atoms with van der Waals surface area (Å²) in [6.07, 6.45) is -3.26. The van der Waals surface area contributed by atoms with Crippen LogP contribution >= 0.6 is 0 Å². The molecule has 0 heterocycles. The van der Waals surface area contributed by atoms with Crippen molar-refractivity contribution < 1.29 is 23.0 Å². The van der Waals surface area contributed by atoms with Crippen LogP contribution in [0.15, 0.2) is 36.9 Å². The Kier molecular flexibility index (Phi) is 6.87. The van der Waals surface area contributed by atoms with Gasteiger partial charge in [-0.05, 0) is 0 Å². The van der Waals surface area contributed by atoms with E-state index in [0.717, 1.165) is 15.7 Å². The van der Waals surface area contributed by atoms with Crippen molar-refractivity contribution in [2.24, 2.45) is 0 Å². The zero-order valence-electron chi connectivity index (χ0n) is 10.2. The van der Waals surface area contributed by atoms with Gasteiger partial charge in [-0.3, -0.25) is 0 Å². The molecule has 1 aromatic carbocycles. The molecule has 1 unspecified atom stereocenters. The van der Waals surface area contributed by atoms with Crippen LogP contribution in [-0.2, 0) is 10.9 Å². The maximum absolute atomic E-state index is 12.4. The molecule has 0 radical (unpaired) electrons. The minimum atomic E-state index is -4.29. The molecule has 19 heavy (non-hydrogen) atoms. The van der Waals surface area contributed by atoms with Crippen LogP contribution in [0.25, 0.3) is 0 Å². The van der Waals surface area contributed by atoms with Gasteiger partial charge in [0.05, 0.1) is 0 Å². The van der Waals surface area contributed by atoms with E-state index < -0.39 is 38.8 Å². The van der Waals surface area contributed by atoms with Crippen LogP contribution in [-0.4, -0.2) is 45.3 Å². The Morgan fingerprint density at radius 2 is 1.95 bits per heavy atom. The first-order valence-electron chi connectivity index (χ1n) is 5.60. The molecular formula is C13H15F3O2Te. The summed E-state index contributed by atoms with van der Waals surface area (Å²) in [7, 11) is 0. The van der Waals surface area contributed by atoms with E-state index in [1.807, 2.05) is 0 Å². The van der Waals surface area contributed by atoms with Gasteiger partial charge in [0, 0.05) is 0 Å². The molecule has 0 bridgehead atoms. The topological polar surface area (TPSA) is 29.5 Å². The first-order valence-corrected chi connectivity index (χ1v) is 8.41. The third-order valence-electron chi connectivity index (χ3n) is 2.17. The van der Waals surface area contributed by atoms with Gasteiger partial charge in [-0.1, -0.05) is 0 Å². The number of benzene rings is 1. The molecule has 1 atom stereocenters. The Bertz CT molecular complexity index is 390. The Labute approximate surface area is 120 Å². The summed E-state index contributed by atoms with van der Waals surface area (Å²) in [4.78, 5) is 0. The molecule has 0 aliphatic carbocycles. The third kappa shape index (κ3) is 6.44. The first-order chi connectivity index (χ1) is 8.93. The van der Waals surface area contributed by atoms with Crippen molar-refractivity contribution >= 4 is 24.5 Å². The van der Waals surface area contributed by atoms with Gasteiger partial charge in [-0.15, -0.1) is 0 Å². The Hall–Kier alpha value is -0.540. The fourth-order valence-electron chi connectivity index (χ4n) is 1.27. The predicted molar refractivity (Wildman–Crippen MR) is 68.7 cm³/mol. The van der Waals surface area contributed by atoms with Crippen LogP contribution < -0.4 is 3.61 Å². The summed E-state index contributed by atoms with van der Waals surface area (Å²) in [6.45, 7) is 4.11. The van der Waals surface area contributed by atoms with Crippen molar-refractivity contribution in [2.45, 2.75) is 16.7 Å². The first kappa shape index (κ1) is 16.5. The van der Waals surface area contributed by atoms with E-state index >= 15 is 0 Å². The maximum atomic E-state index is 12.4. The van der Waals surface area contributed by atoms with Crippen molar-refractivity contribution in [3.63, 3.8) is 0 Å². The van der Waals surface area contributed by atoms with Crippen LogP contribution in [0.4, 0.5) is 13.2 Å². The van der Waals surface area contributed by atoms with E-state index in [0.29, 0.717) is 11.1 Å². The second-order valence-corrected chi connectivity index (χ2v) is 6.93. The zero-order chi connectivity index (χ0) is 14.3. The molecule has 0 fully saturated rings. The van der Waals surface area contributed by atoms with Crippen LogP contribution in [0.1, 0.15) is 5.56 Å². The van der Waals surface area contributed by atoms with Gasteiger partial charge in [-0.25, -0.2) is 0 Å². The minimum absolute atomic E-state index is 0.234. The van der Waals surface area contributed by atoms with E-state index in [4.69, 9.17) is 4.74 Å². The van der Waals surface area contributed by atoms with Crippen LogP contribution in [0.3, 0.4) is 0 Å². The number of rotatable bonds is 7. The van der Waals surface area contributed by atoms with Crippen LogP contribution in [0.5, 0.6) is 0 Å². The van der Waals surface area contributed by atoms with E-state index in [1.54, 1.807) is 6.08 Å². The molecule has 106 valence electrons. The summed E-state index contributed by atoms with van der Waals surface area (Å²) < 4.78 is 43.6. The van der Waals surface area contributed by atoms with E-state index in [1.165, 1.54) is 12.1 Å². The van der Waals surface area contributed by atoms with Crippen LogP contribution in [0, 0.1) is 0 Å². The summed E-state index contributed by atoms with van der Waals surface area (Å²) in [6, 6.07) is 5.14. The second-order valence-electron chi connectivity index (χ2n) is 3.81. The normalized spacial score (nSPS) is 13.3. The predicted octanol–water partition coefficient (Wildman–Crippen LogP) is 2.02. The standard InChI is InChI=1S/C13H15F3O2Te/c1-2-7-18-8-11(17)9-19-12-5-3-10(4-6-12)13(14,15)16/h2-6,11,17H,1,7-9H2. The summed E-state index contributed by atoms with van der Waals surface area (Å²) in [5.41, 5.74) is -0.640. The molecule has 1 rings (SSSR count). The molecule has 1 aromatic rings. The van der Waals surface area contributed by atoms with E-state index in [2.05, 4.69) is 6.58 Å². The van der Waals surface area contributed by atoms with Gasteiger partial charge >= 0.3 is 120 Å². The number of ether oxygens (including phenoxy) is 1. The number of aliphatic hydroxyl groups excluding tert-OH is 1. The Morgan fingerprint density at radius 3 is 2.47 bits per heavy atom. The van der Waals surface area contributed by atoms with Crippen molar-refractivity contribution in [1.82, 2.24) is 0 Å². The van der Waals surface area contributed by atoms with Crippen molar-refractivity contribution in [3.05, 3.63) is 42.5 Å². The van der Waals surface area contributed by atoms with Gasteiger partial charge in [0.25, 0.3) is 0 Å².